The van der Waals surface area contributed by atoms with Gasteiger partial charge in [0.1, 0.15) is 11.9 Å². The molecule has 0 saturated carbocycles. The molecule has 2 heterocycles. The summed E-state index contributed by atoms with van der Waals surface area (Å²) in [5.74, 6) is -1.00. The summed E-state index contributed by atoms with van der Waals surface area (Å²) in [6.07, 6.45) is -1.82. The molecule has 2 aliphatic rings. The van der Waals surface area contributed by atoms with Gasteiger partial charge in [-0.15, -0.1) is 0 Å². The molecule has 11 heteroatoms. The van der Waals surface area contributed by atoms with Crippen LogP contribution in [-0.4, -0.2) is 59.0 Å². The first-order valence-electron chi connectivity index (χ1n) is 9.61. The van der Waals surface area contributed by atoms with Gasteiger partial charge in [-0.05, 0) is 24.3 Å². The Balaban J connectivity index is 1.30. The SMILES string of the molecule is O=C1OC(CPO)CN1c1ccc(NCCON2C(=O)c3ccccc3C2O)c(F)c1. The highest BCUT2D eigenvalue weighted by Crippen LogP contribution is 2.31. The van der Waals surface area contributed by atoms with E-state index in [1.54, 1.807) is 30.3 Å². The maximum absolute atomic E-state index is 14.5. The summed E-state index contributed by atoms with van der Waals surface area (Å²) in [6.45, 7) is 0.440. The van der Waals surface area contributed by atoms with Crippen molar-refractivity contribution in [2.24, 2.45) is 0 Å². The second-order valence-electron chi connectivity index (χ2n) is 6.99. The third-order valence-corrected chi connectivity index (χ3v) is 5.63. The number of nitrogens with zero attached hydrogens (tertiary/aromatic N) is 2. The molecule has 0 bridgehead atoms. The van der Waals surface area contributed by atoms with Gasteiger partial charge in [-0.1, -0.05) is 18.2 Å². The first kappa shape index (κ1) is 21.5. The molecule has 2 aromatic rings. The van der Waals surface area contributed by atoms with Gasteiger partial charge in [-0.2, -0.15) is 5.06 Å². The van der Waals surface area contributed by atoms with Crippen molar-refractivity contribution in [3.05, 3.63) is 59.4 Å². The number of nitrogens with one attached hydrogen (secondary N) is 1. The molecule has 0 aromatic heterocycles. The molecule has 2 amide bonds. The Morgan fingerprint density at radius 2 is 2.06 bits per heavy atom. The summed E-state index contributed by atoms with van der Waals surface area (Å²) in [5, 5.41) is 14.0. The fraction of sp³-hybridized carbons (Fsp3) is 0.300. The number of carbonyl (C=O) groups is 2. The van der Waals surface area contributed by atoms with Crippen molar-refractivity contribution in [1.82, 2.24) is 5.06 Å². The van der Waals surface area contributed by atoms with E-state index in [-0.39, 0.29) is 34.2 Å². The Morgan fingerprint density at radius 3 is 2.81 bits per heavy atom. The zero-order chi connectivity index (χ0) is 22.0. The molecular formula is C20H21FN3O6P. The van der Waals surface area contributed by atoms with Crippen molar-refractivity contribution in [1.29, 1.82) is 0 Å². The molecule has 2 aromatic carbocycles. The summed E-state index contributed by atoms with van der Waals surface area (Å²) in [4.78, 5) is 39.9. The van der Waals surface area contributed by atoms with Crippen LogP contribution in [0.4, 0.5) is 20.6 Å². The quantitative estimate of drug-likeness (QED) is 0.419. The van der Waals surface area contributed by atoms with Crippen molar-refractivity contribution in [2.75, 3.05) is 36.1 Å². The highest BCUT2D eigenvalue weighted by Gasteiger charge is 2.36. The first-order valence-corrected chi connectivity index (χ1v) is 10.8. The predicted octanol–water partition coefficient (Wildman–Crippen LogP) is 2.23. The molecule has 1 saturated heterocycles. The number of aliphatic hydroxyl groups is 1. The molecule has 1 fully saturated rings. The summed E-state index contributed by atoms with van der Waals surface area (Å²) in [5.41, 5.74) is 1.41. The van der Waals surface area contributed by atoms with Crippen molar-refractivity contribution >= 4 is 32.2 Å². The lowest BCUT2D eigenvalue weighted by Gasteiger charge is -2.20. The van der Waals surface area contributed by atoms with Crippen LogP contribution in [0.1, 0.15) is 22.1 Å². The van der Waals surface area contributed by atoms with Crippen molar-refractivity contribution in [3.8, 4) is 0 Å². The van der Waals surface area contributed by atoms with Gasteiger partial charge in [0.15, 0.2) is 6.23 Å². The van der Waals surface area contributed by atoms with Crippen molar-refractivity contribution in [3.63, 3.8) is 0 Å². The smallest absolute Gasteiger partial charge is 0.414 e. The third-order valence-electron chi connectivity index (χ3n) is 5.00. The molecule has 31 heavy (non-hydrogen) atoms. The van der Waals surface area contributed by atoms with Gasteiger partial charge >= 0.3 is 6.09 Å². The number of fused-ring (bicyclic) bond motifs is 1. The topological polar surface area (TPSA) is 112 Å². The van der Waals surface area contributed by atoms with Gasteiger partial charge in [0, 0.05) is 32.6 Å². The molecule has 3 atom stereocenters. The first-order chi connectivity index (χ1) is 15.0. The van der Waals surface area contributed by atoms with Crippen LogP contribution >= 0.6 is 8.81 Å². The van der Waals surface area contributed by atoms with Crippen LogP contribution < -0.4 is 10.2 Å². The maximum atomic E-state index is 14.5. The second-order valence-corrected chi connectivity index (χ2v) is 7.72. The zero-order valence-corrected chi connectivity index (χ0v) is 17.3. The van der Waals surface area contributed by atoms with Crippen LogP contribution in [0.2, 0.25) is 0 Å². The lowest BCUT2D eigenvalue weighted by Crippen LogP contribution is -2.30. The van der Waals surface area contributed by atoms with E-state index in [0.717, 1.165) is 5.06 Å². The molecular weight excluding hydrogens is 428 g/mol. The number of aliphatic hydroxyl groups excluding tert-OH is 1. The normalized spacial score (nSPS) is 20.6. The van der Waals surface area contributed by atoms with Crippen molar-refractivity contribution < 1.29 is 33.6 Å². The van der Waals surface area contributed by atoms with E-state index in [0.29, 0.717) is 23.0 Å². The van der Waals surface area contributed by atoms with Crippen LogP contribution in [0, 0.1) is 5.82 Å². The minimum absolute atomic E-state index is 0.0139. The van der Waals surface area contributed by atoms with Crippen molar-refractivity contribution in [2.45, 2.75) is 12.3 Å². The highest BCUT2D eigenvalue weighted by atomic mass is 31.1. The van der Waals surface area contributed by atoms with Gasteiger partial charge in [-0.25, -0.2) is 9.18 Å². The zero-order valence-electron chi connectivity index (χ0n) is 16.3. The van der Waals surface area contributed by atoms with Gasteiger partial charge in [0.2, 0.25) is 0 Å². The third kappa shape index (κ3) is 4.33. The van der Waals surface area contributed by atoms with E-state index in [9.17, 15) is 19.1 Å². The van der Waals surface area contributed by atoms with Crippen LogP contribution in [0.5, 0.6) is 0 Å². The average molecular weight is 449 g/mol. The number of anilines is 2. The second kappa shape index (κ2) is 9.15. The Labute approximate surface area is 179 Å². The summed E-state index contributed by atoms with van der Waals surface area (Å²) in [6, 6.07) is 11.0. The molecule has 9 nitrogen and oxygen atoms in total. The number of amides is 2. The predicted molar refractivity (Wildman–Crippen MR) is 111 cm³/mol. The Hall–Kier alpha value is -2.78. The molecule has 0 aliphatic carbocycles. The number of hydrogen-bond acceptors (Lipinski definition) is 7. The minimum atomic E-state index is -1.19. The monoisotopic (exact) mass is 449 g/mol. The van der Waals surface area contributed by atoms with E-state index in [1.807, 2.05) is 0 Å². The molecule has 3 unspecified atom stereocenters. The number of hydroxylamine groups is 2. The number of hydrogen-bond donors (Lipinski definition) is 3. The van der Waals surface area contributed by atoms with Crippen LogP contribution in [-0.2, 0) is 9.57 Å². The Morgan fingerprint density at radius 1 is 1.26 bits per heavy atom. The highest BCUT2D eigenvalue weighted by molar-refractivity contribution is 7.31. The summed E-state index contributed by atoms with van der Waals surface area (Å²) < 4.78 is 19.6. The summed E-state index contributed by atoms with van der Waals surface area (Å²) >= 11 is 0. The van der Waals surface area contributed by atoms with E-state index in [1.165, 1.54) is 17.0 Å². The van der Waals surface area contributed by atoms with Gasteiger partial charge in [0.25, 0.3) is 5.91 Å². The van der Waals surface area contributed by atoms with E-state index in [2.05, 4.69) is 5.32 Å². The largest absolute Gasteiger partial charge is 0.443 e. The van der Waals surface area contributed by atoms with E-state index in [4.69, 9.17) is 14.5 Å². The minimum Gasteiger partial charge on any atom is -0.443 e. The van der Waals surface area contributed by atoms with Gasteiger partial charge < -0.3 is 20.1 Å². The fourth-order valence-corrected chi connectivity index (χ4v) is 3.90. The Kier molecular flexibility index (Phi) is 6.33. The number of benzene rings is 2. The fourth-order valence-electron chi connectivity index (χ4n) is 3.49. The number of cyclic esters (lactones) is 1. The molecule has 164 valence electrons. The van der Waals surface area contributed by atoms with Crippen LogP contribution in [0.15, 0.2) is 42.5 Å². The number of carbonyl (C=O) groups excluding carboxylic acids is 2. The summed E-state index contributed by atoms with van der Waals surface area (Å²) in [7, 11) is -0.327. The molecule has 0 radical (unpaired) electrons. The standard InChI is InChI=1S/C20H21FN3O6P/c21-16-9-12(23-10-13(11-31-28)30-20(23)27)5-6-17(16)22-7-8-29-24-18(25)14-3-1-2-4-15(14)19(24)26/h1-6,9,13,18,22,25,28,31H,7-8,10-11H2. The Bertz CT molecular complexity index is 993. The molecule has 0 spiro atoms. The van der Waals surface area contributed by atoms with Gasteiger partial charge in [-0.3, -0.25) is 14.5 Å². The van der Waals surface area contributed by atoms with E-state index < -0.39 is 30.1 Å². The number of halogens is 1. The van der Waals surface area contributed by atoms with Crippen LogP contribution in [0.25, 0.3) is 0 Å². The maximum Gasteiger partial charge on any atom is 0.414 e. The lowest BCUT2D eigenvalue weighted by atomic mass is 10.1. The lowest BCUT2D eigenvalue weighted by molar-refractivity contribution is -0.195. The molecule has 3 N–H and O–H groups in total. The van der Waals surface area contributed by atoms with E-state index >= 15 is 0 Å². The molecule has 2 aliphatic heterocycles. The average Bonchev–Trinajstić information content (AvgIpc) is 3.24. The molecule has 4 rings (SSSR count). The van der Waals surface area contributed by atoms with Gasteiger partial charge in [0.05, 0.1) is 24.5 Å². The van der Waals surface area contributed by atoms with Crippen LogP contribution in [0.3, 0.4) is 0 Å². The number of ether oxygens (including phenoxy) is 1. The number of rotatable bonds is 8.